The Hall–Kier alpha value is -1.12. The van der Waals surface area contributed by atoms with Gasteiger partial charge < -0.3 is 5.32 Å². The van der Waals surface area contributed by atoms with E-state index in [0.29, 0.717) is 23.6 Å². The third-order valence-electron chi connectivity index (χ3n) is 3.73. The number of anilines is 1. The van der Waals surface area contributed by atoms with Gasteiger partial charge in [0.05, 0.1) is 0 Å². The van der Waals surface area contributed by atoms with Crippen LogP contribution in [0.5, 0.6) is 0 Å². The standard InChI is InChI=1S/C14H19F2N/c1-9-3-4-10(2)14(7-9)17-11-5-6-12(15)13(16)8-11/h5-6,8-10,14,17H,3-4,7H2,1-2H3. The average Bonchev–Trinajstić information content (AvgIpc) is 2.29. The van der Waals surface area contributed by atoms with Crippen molar-refractivity contribution in [2.45, 2.75) is 39.2 Å². The highest BCUT2D eigenvalue weighted by Crippen LogP contribution is 2.30. The fourth-order valence-electron chi connectivity index (χ4n) is 2.53. The van der Waals surface area contributed by atoms with Crippen molar-refractivity contribution in [3.05, 3.63) is 29.8 Å². The maximum absolute atomic E-state index is 13.1. The van der Waals surface area contributed by atoms with E-state index in [1.54, 1.807) is 6.07 Å². The third kappa shape index (κ3) is 2.96. The van der Waals surface area contributed by atoms with Crippen LogP contribution in [0.1, 0.15) is 33.1 Å². The molecule has 1 aliphatic rings. The first-order valence-electron chi connectivity index (χ1n) is 6.28. The highest BCUT2D eigenvalue weighted by Gasteiger charge is 2.25. The van der Waals surface area contributed by atoms with Crippen molar-refractivity contribution in [3.8, 4) is 0 Å². The highest BCUT2D eigenvalue weighted by atomic mass is 19.2. The predicted molar refractivity (Wildman–Crippen MR) is 65.9 cm³/mol. The number of hydrogen-bond acceptors (Lipinski definition) is 1. The summed E-state index contributed by atoms with van der Waals surface area (Å²) in [6, 6.07) is 4.38. The SMILES string of the molecule is CC1CCC(C)C(Nc2ccc(F)c(F)c2)C1. The Morgan fingerprint density at radius 2 is 1.88 bits per heavy atom. The van der Waals surface area contributed by atoms with Gasteiger partial charge in [-0.1, -0.05) is 20.3 Å². The number of benzene rings is 1. The monoisotopic (exact) mass is 239 g/mol. The summed E-state index contributed by atoms with van der Waals surface area (Å²) in [6.07, 6.45) is 3.56. The molecule has 0 radical (unpaired) electrons. The van der Waals surface area contributed by atoms with Crippen LogP contribution in [0.15, 0.2) is 18.2 Å². The molecule has 0 saturated heterocycles. The van der Waals surface area contributed by atoms with Crippen molar-refractivity contribution in [1.29, 1.82) is 0 Å². The second kappa shape index (κ2) is 5.03. The number of hydrogen-bond donors (Lipinski definition) is 1. The average molecular weight is 239 g/mol. The van der Waals surface area contributed by atoms with Crippen LogP contribution in [0.25, 0.3) is 0 Å². The predicted octanol–water partition coefficient (Wildman–Crippen LogP) is 4.20. The second-order valence-electron chi connectivity index (χ2n) is 5.28. The zero-order valence-electron chi connectivity index (χ0n) is 10.3. The summed E-state index contributed by atoms with van der Waals surface area (Å²) in [6.45, 7) is 4.45. The first-order valence-corrected chi connectivity index (χ1v) is 6.28. The van der Waals surface area contributed by atoms with Crippen molar-refractivity contribution in [2.24, 2.45) is 11.8 Å². The molecule has 0 amide bonds. The maximum Gasteiger partial charge on any atom is 0.160 e. The van der Waals surface area contributed by atoms with Crippen molar-refractivity contribution in [3.63, 3.8) is 0 Å². The van der Waals surface area contributed by atoms with Gasteiger partial charge in [-0.15, -0.1) is 0 Å². The van der Waals surface area contributed by atoms with E-state index >= 15 is 0 Å². The fourth-order valence-corrected chi connectivity index (χ4v) is 2.53. The van der Waals surface area contributed by atoms with Gasteiger partial charge in [0.15, 0.2) is 11.6 Å². The molecule has 3 atom stereocenters. The third-order valence-corrected chi connectivity index (χ3v) is 3.73. The Kier molecular flexibility index (Phi) is 3.65. The van der Waals surface area contributed by atoms with Gasteiger partial charge in [-0.25, -0.2) is 8.78 Å². The van der Waals surface area contributed by atoms with Crippen LogP contribution in [-0.4, -0.2) is 6.04 Å². The topological polar surface area (TPSA) is 12.0 Å². The smallest absolute Gasteiger partial charge is 0.160 e. The van der Waals surface area contributed by atoms with Crippen LogP contribution in [0.4, 0.5) is 14.5 Å². The Morgan fingerprint density at radius 3 is 2.59 bits per heavy atom. The van der Waals surface area contributed by atoms with E-state index in [0.717, 1.165) is 6.42 Å². The van der Waals surface area contributed by atoms with Crippen molar-refractivity contribution >= 4 is 5.69 Å². The highest BCUT2D eigenvalue weighted by molar-refractivity contribution is 5.44. The quantitative estimate of drug-likeness (QED) is 0.815. The van der Waals surface area contributed by atoms with E-state index in [4.69, 9.17) is 0 Å². The van der Waals surface area contributed by atoms with E-state index in [1.165, 1.54) is 25.0 Å². The van der Waals surface area contributed by atoms with Crippen LogP contribution < -0.4 is 5.32 Å². The molecule has 0 spiro atoms. The van der Waals surface area contributed by atoms with Gasteiger partial charge >= 0.3 is 0 Å². The molecule has 1 saturated carbocycles. The lowest BCUT2D eigenvalue weighted by atomic mass is 9.80. The summed E-state index contributed by atoms with van der Waals surface area (Å²) in [5, 5.41) is 3.32. The minimum Gasteiger partial charge on any atom is -0.382 e. The Morgan fingerprint density at radius 1 is 1.12 bits per heavy atom. The summed E-state index contributed by atoms with van der Waals surface area (Å²) in [5.41, 5.74) is 0.676. The van der Waals surface area contributed by atoms with Gasteiger partial charge in [0, 0.05) is 17.8 Å². The molecule has 1 N–H and O–H groups in total. The molecular weight excluding hydrogens is 220 g/mol. The van der Waals surface area contributed by atoms with Crippen LogP contribution >= 0.6 is 0 Å². The molecule has 3 heteroatoms. The Bertz CT molecular complexity index is 392. The summed E-state index contributed by atoms with van der Waals surface area (Å²) < 4.78 is 25.9. The molecule has 2 rings (SSSR count). The molecule has 0 bridgehead atoms. The molecule has 17 heavy (non-hydrogen) atoms. The molecule has 1 fully saturated rings. The minimum atomic E-state index is -0.791. The summed E-state index contributed by atoms with van der Waals surface area (Å²) in [7, 11) is 0. The lowest BCUT2D eigenvalue weighted by Crippen LogP contribution is -2.33. The van der Waals surface area contributed by atoms with E-state index in [1.807, 2.05) is 0 Å². The molecule has 0 heterocycles. The normalized spacial score (nSPS) is 29.1. The molecule has 0 aromatic heterocycles. The minimum absolute atomic E-state index is 0.364. The van der Waals surface area contributed by atoms with Crippen LogP contribution in [0, 0.1) is 23.5 Å². The van der Waals surface area contributed by atoms with Crippen LogP contribution in [0.2, 0.25) is 0 Å². The molecule has 1 aromatic carbocycles. The zero-order valence-corrected chi connectivity index (χ0v) is 10.3. The van der Waals surface area contributed by atoms with E-state index in [-0.39, 0.29) is 0 Å². The van der Waals surface area contributed by atoms with Gasteiger partial charge in [-0.2, -0.15) is 0 Å². The van der Waals surface area contributed by atoms with Crippen molar-refractivity contribution < 1.29 is 8.78 Å². The number of rotatable bonds is 2. The Balaban J connectivity index is 2.06. The van der Waals surface area contributed by atoms with Crippen LogP contribution in [0.3, 0.4) is 0 Å². The second-order valence-corrected chi connectivity index (χ2v) is 5.28. The molecule has 3 unspecified atom stereocenters. The van der Waals surface area contributed by atoms with Gasteiger partial charge in [-0.05, 0) is 36.8 Å². The lowest BCUT2D eigenvalue weighted by Gasteiger charge is -2.34. The summed E-state index contributed by atoms with van der Waals surface area (Å²) in [5.74, 6) is -0.291. The van der Waals surface area contributed by atoms with E-state index < -0.39 is 11.6 Å². The fraction of sp³-hybridized carbons (Fsp3) is 0.571. The summed E-state index contributed by atoms with van der Waals surface area (Å²) >= 11 is 0. The molecule has 1 nitrogen and oxygen atoms in total. The van der Waals surface area contributed by atoms with Crippen molar-refractivity contribution in [2.75, 3.05) is 5.32 Å². The van der Waals surface area contributed by atoms with Gasteiger partial charge in [-0.3, -0.25) is 0 Å². The van der Waals surface area contributed by atoms with Gasteiger partial charge in [0.2, 0.25) is 0 Å². The maximum atomic E-state index is 13.1. The van der Waals surface area contributed by atoms with E-state index in [2.05, 4.69) is 19.2 Å². The molecule has 1 aromatic rings. The number of halogens is 2. The Labute approximate surface area is 101 Å². The van der Waals surface area contributed by atoms with Crippen molar-refractivity contribution in [1.82, 2.24) is 0 Å². The van der Waals surface area contributed by atoms with E-state index in [9.17, 15) is 8.78 Å². The zero-order chi connectivity index (χ0) is 12.4. The molecule has 1 aliphatic carbocycles. The van der Waals surface area contributed by atoms with Gasteiger partial charge in [0.25, 0.3) is 0 Å². The summed E-state index contributed by atoms with van der Waals surface area (Å²) in [4.78, 5) is 0. The molecule has 0 aliphatic heterocycles. The largest absolute Gasteiger partial charge is 0.382 e. The molecular formula is C14H19F2N. The molecule has 94 valence electrons. The van der Waals surface area contributed by atoms with Gasteiger partial charge in [0.1, 0.15) is 0 Å². The first-order chi connectivity index (χ1) is 8.06. The lowest BCUT2D eigenvalue weighted by molar-refractivity contribution is 0.280. The van der Waals surface area contributed by atoms with Crippen LogP contribution in [-0.2, 0) is 0 Å². The first kappa shape index (κ1) is 12.3. The number of nitrogens with one attached hydrogen (secondary N) is 1.